The van der Waals surface area contributed by atoms with E-state index in [0.717, 1.165) is 35.7 Å². The third-order valence-corrected chi connectivity index (χ3v) is 3.11. The lowest BCUT2D eigenvalue weighted by Crippen LogP contribution is -2.20. The largest absolute Gasteiger partial charge is 0.493 e. The molecule has 0 saturated heterocycles. The van der Waals surface area contributed by atoms with Gasteiger partial charge in [-0.2, -0.15) is 0 Å². The van der Waals surface area contributed by atoms with E-state index >= 15 is 0 Å². The number of methoxy groups -OCH3 is 1. The van der Waals surface area contributed by atoms with Crippen LogP contribution in [0.4, 0.5) is 0 Å². The van der Waals surface area contributed by atoms with Crippen LogP contribution in [0.15, 0.2) is 48.5 Å². The third kappa shape index (κ3) is 4.77. The summed E-state index contributed by atoms with van der Waals surface area (Å²) in [6, 6.07) is 15.5. The Morgan fingerprint density at radius 1 is 1.00 bits per heavy atom. The van der Waals surface area contributed by atoms with Gasteiger partial charge in [-0.15, -0.1) is 0 Å². The summed E-state index contributed by atoms with van der Waals surface area (Å²) in [7, 11) is 1.63. The topological polar surface area (TPSA) is 50.7 Å². The van der Waals surface area contributed by atoms with Crippen LogP contribution < -0.4 is 14.8 Å². The van der Waals surface area contributed by atoms with Crippen molar-refractivity contribution in [3.05, 3.63) is 59.7 Å². The van der Waals surface area contributed by atoms with Crippen molar-refractivity contribution in [2.45, 2.75) is 13.2 Å². The summed E-state index contributed by atoms with van der Waals surface area (Å²) in [5.41, 5.74) is 2.08. The molecule has 2 aromatic carbocycles. The molecule has 0 bridgehead atoms. The van der Waals surface area contributed by atoms with Crippen LogP contribution >= 0.6 is 0 Å². The fourth-order valence-corrected chi connectivity index (χ4v) is 2.04. The van der Waals surface area contributed by atoms with E-state index in [-0.39, 0.29) is 6.61 Å². The van der Waals surface area contributed by atoms with Gasteiger partial charge < -0.3 is 19.9 Å². The Morgan fingerprint density at radius 2 is 1.76 bits per heavy atom. The summed E-state index contributed by atoms with van der Waals surface area (Å²) >= 11 is 0. The van der Waals surface area contributed by atoms with Gasteiger partial charge in [0.15, 0.2) is 11.5 Å². The quantitative estimate of drug-likeness (QED) is 0.732. The van der Waals surface area contributed by atoms with Crippen LogP contribution in [0.25, 0.3) is 0 Å². The van der Waals surface area contributed by atoms with Gasteiger partial charge >= 0.3 is 0 Å². The highest BCUT2D eigenvalue weighted by Crippen LogP contribution is 2.25. The van der Waals surface area contributed by atoms with Gasteiger partial charge in [0.25, 0.3) is 0 Å². The highest BCUT2D eigenvalue weighted by Gasteiger charge is 2.01. The van der Waals surface area contributed by atoms with E-state index in [9.17, 15) is 0 Å². The van der Waals surface area contributed by atoms with Crippen molar-refractivity contribution in [3.8, 4) is 11.5 Å². The molecule has 112 valence electrons. The first-order chi connectivity index (χ1) is 10.3. The molecule has 2 N–H and O–H groups in total. The van der Waals surface area contributed by atoms with Gasteiger partial charge in [0, 0.05) is 13.1 Å². The maximum Gasteiger partial charge on any atom is 0.161 e. The van der Waals surface area contributed by atoms with Gasteiger partial charge in [-0.1, -0.05) is 36.4 Å². The number of hydrogen-bond acceptors (Lipinski definition) is 4. The zero-order valence-corrected chi connectivity index (χ0v) is 12.2. The summed E-state index contributed by atoms with van der Waals surface area (Å²) < 4.78 is 10.9. The van der Waals surface area contributed by atoms with Crippen molar-refractivity contribution in [3.63, 3.8) is 0 Å². The molecule has 0 heterocycles. The van der Waals surface area contributed by atoms with Gasteiger partial charge in [0.2, 0.25) is 0 Å². The molecule has 2 aromatic rings. The summed E-state index contributed by atoms with van der Waals surface area (Å²) in [5, 5.41) is 12.4. The zero-order chi connectivity index (χ0) is 14.9. The van der Waals surface area contributed by atoms with Gasteiger partial charge in [-0.05, 0) is 23.3 Å². The van der Waals surface area contributed by atoms with Crippen molar-refractivity contribution in [1.29, 1.82) is 0 Å². The minimum absolute atomic E-state index is 0.0742. The SMILES string of the molecule is COc1ccccc1OCCNCc1cccc(CO)c1. The second kappa shape index (κ2) is 8.29. The minimum atomic E-state index is 0.0742. The first-order valence-corrected chi connectivity index (χ1v) is 6.98. The molecule has 4 nitrogen and oxygen atoms in total. The number of ether oxygens (including phenoxy) is 2. The fourth-order valence-electron chi connectivity index (χ4n) is 2.04. The predicted molar refractivity (Wildman–Crippen MR) is 82.6 cm³/mol. The third-order valence-electron chi connectivity index (χ3n) is 3.11. The van der Waals surface area contributed by atoms with Crippen LogP contribution in [0, 0.1) is 0 Å². The molecule has 0 unspecified atom stereocenters. The predicted octanol–water partition coefficient (Wildman–Crippen LogP) is 2.36. The lowest BCUT2D eigenvalue weighted by atomic mass is 10.1. The number of benzene rings is 2. The van der Waals surface area contributed by atoms with E-state index in [1.807, 2.05) is 48.5 Å². The summed E-state index contributed by atoms with van der Waals surface area (Å²) in [5.74, 6) is 1.50. The lowest BCUT2D eigenvalue weighted by molar-refractivity contribution is 0.281. The van der Waals surface area contributed by atoms with Crippen LogP contribution in [0.3, 0.4) is 0 Å². The minimum Gasteiger partial charge on any atom is -0.493 e. The number of aliphatic hydroxyl groups excluding tert-OH is 1. The summed E-state index contributed by atoms with van der Waals surface area (Å²) in [6.07, 6.45) is 0. The Morgan fingerprint density at radius 3 is 2.52 bits per heavy atom. The van der Waals surface area contributed by atoms with E-state index in [1.165, 1.54) is 0 Å². The monoisotopic (exact) mass is 287 g/mol. The first kappa shape index (κ1) is 15.4. The normalized spacial score (nSPS) is 10.4. The molecule has 0 saturated carbocycles. The van der Waals surface area contributed by atoms with Crippen LogP contribution in [-0.4, -0.2) is 25.4 Å². The lowest BCUT2D eigenvalue weighted by Gasteiger charge is -2.11. The van der Waals surface area contributed by atoms with Crippen molar-refractivity contribution in [2.24, 2.45) is 0 Å². The maximum absolute atomic E-state index is 9.09. The van der Waals surface area contributed by atoms with Gasteiger partial charge in [-0.3, -0.25) is 0 Å². The highest BCUT2D eigenvalue weighted by molar-refractivity contribution is 5.39. The van der Waals surface area contributed by atoms with Gasteiger partial charge in [-0.25, -0.2) is 0 Å². The van der Waals surface area contributed by atoms with E-state index in [4.69, 9.17) is 14.6 Å². The number of aliphatic hydroxyl groups is 1. The zero-order valence-electron chi connectivity index (χ0n) is 12.2. The number of hydrogen-bond donors (Lipinski definition) is 2. The molecule has 0 spiro atoms. The Labute approximate surface area is 125 Å². The second-order valence-corrected chi connectivity index (χ2v) is 4.65. The highest BCUT2D eigenvalue weighted by atomic mass is 16.5. The number of para-hydroxylation sites is 2. The molecular formula is C17H21NO3. The fraction of sp³-hybridized carbons (Fsp3) is 0.294. The average molecular weight is 287 g/mol. The number of rotatable bonds is 8. The van der Waals surface area contributed by atoms with Crippen LogP contribution in [0.1, 0.15) is 11.1 Å². The summed E-state index contributed by atoms with van der Waals surface area (Å²) in [4.78, 5) is 0. The van der Waals surface area contributed by atoms with Crippen molar-refractivity contribution in [2.75, 3.05) is 20.3 Å². The molecule has 0 atom stereocenters. The molecule has 0 aliphatic heterocycles. The summed E-state index contributed by atoms with van der Waals surface area (Å²) in [6.45, 7) is 2.13. The molecule has 0 amide bonds. The Balaban J connectivity index is 1.72. The molecular weight excluding hydrogens is 266 g/mol. The van der Waals surface area contributed by atoms with Crippen LogP contribution in [0.2, 0.25) is 0 Å². The van der Waals surface area contributed by atoms with E-state index < -0.39 is 0 Å². The Kier molecular flexibility index (Phi) is 6.06. The molecule has 21 heavy (non-hydrogen) atoms. The molecule has 0 aliphatic carbocycles. The molecule has 0 aliphatic rings. The molecule has 0 fully saturated rings. The Bertz CT molecular complexity index is 557. The molecule has 0 aromatic heterocycles. The Hall–Kier alpha value is -2.04. The van der Waals surface area contributed by atoms with Gasteiger partial charge in [0.1, 0.15) is 6.61 Å². The average Bonchev–Trinajstić information content (AvgIpc) is 2.55. The van der Waals surface area contributed by atoms with E-state index in [2.05, 4.69) is 5.32 Å². The van der Waals surface area contributed by atoms with Gasteiger partial charge in [0.05, 0.1) is 13.7 Å². The van der Waals surface area contributed by atoms with Crippen molar-refractivity contribution >= 4 is 0 Å². The van der Waals surface area contributed by atoms with E-state index in [1.54, 1.807) is 7.11 Å². The number of nitrogens with one attached hydrogen (secondary N) is 1. The molecule has 4 heteroatoms. The van der Waals surface area contributed by atoms with Crippen LogP contribution in [-0.2, 0) is 13.2 Å². The smallest absolute Gasteiger partial charge is 0.161 e. The second-order valence-electron chi connectivity index (χ2n) is 4.65. The van der Waals surface area contributed by atoms with Crippen LogP contribution in [0.5, 0.6) is 11.5 Å². The van der Waals surface area contributed by atoms with Crippen molar-refractivity contribution < 1.29 is 14.6 Å². The molecule has 2 rings (SSSR count). The van der Waals surface area contributed by atoms with E-state index in [0.29, 0.717) is 6.61 Å². The van der Waals surface area contributed by atoms with Crippen molar-refractivity contribution in [1.82, 2.24) is 5.32 Å². The standard InChI is InChI=1S/C17H21NO3/c1-20-16-7-2-3-8-17(16)21-10-9-18-12-14-5-4-6-15(11-14)13-19/h2-8,11,18-19H,9-10,12-13H2,1H3. The maximum atomic E-state index is 9.09. The first-order valence-electron chi connectivity index (χ1n) is 6.98. The molecule has 0 radical (unpaired) electrons.